The van der Waals surface area contributed by atoms with E-state index in [0.29, 0.717) is 6.04 Å². The molecule has 0 bridgehead atoms. The van der Waals surface area contributed by atoms with Crippen molar-refractivity contribution in [3.63, 3.8) is 0 Å². The van der Waals surface area contributed by atoms with Crippen LogP contribution in [0.5, 0.6) is 0 Å². The van der Waals surface area contributed by atoms with Crippen molar-refractivity contribution in [3.8, 4) is 0 Å². The van der Waals surface area contributed by atoms with Gasteiger partial charge in [-0.1, -0.05) is 26.0 Å². The third-order valence-corrected chi connectivity index (χ3v) is 3.16. The maximum absolute atomic E-state index is 3.47. The van der Waals surface area contributed by atoms with Gasteiger partial charge >= 0.3 is 0 Å². The molecule has 0 unspecified atom stereocenters. The van der Waals surface area contributed by atoms with E-state index in [4.69, 9.17) is 0 Å². The smallest absolute Gasteiger partial charge is 0.0368 e. The first kappa shape index (κ1) is 15.0. The minimum absolute atomic E-state index is 0.601. The van der Waals surface area contributed by atoms with Gasteiger partial charge in [0.1, 0.15) is 0 Å². The van der Waals surface area contributed by atoms with Gasteiger partial charge in [0.2, 0.25) is 0 Å². The summed E-state index contributed by atoms with van der Waals surface area (Å²) in [6, 6.07) is 9.39. The first-order chi connectivity index (χ1) is 8.63. The molecule has 0 aliphatic heterocycles. The van der Waals surface area contributed by atoms with Crippen LogP contribution in [0.1, 0.15) is 39.2 Å². The molecule has 2 nitrogen and oxygen atoms in total. The fourth-order valence-corrected chi connectivity index (χ4v) is 2.11. The molecule has 1 rings (SSSR count). The van der Waals surface area contributed by atoms with Crippen molar-refractivity contribution in [1.82, 2.24) is 5.32 Å². The van der Waals surface area contributed by atoms with Gasteiger partial charge in [-0.05, 0) is 50.9 Å². The molecule has 0 amide bonds. The molecule has 0 heterocycles. The molecule has 0 saturated carbocycles. The lowest BCUT2D eigenvalue weighted by molar-refractivity contribution is 0.555. The van der Waals surface area contributed by atoms with Gasteiger partial charge in [0.25, 0.3) is 0 Å². The number of hydrogen-bond donors (Lipinski definition) is 1. The summed E-state index contributed by atoms with van der Waals surface area (Å²) in [5.74, 6) is 0. The number of rotatable bonds is 8. The fraction of sp³-hybridized carbons (Fsp3) is 0.625. The SMILES string of the molecule is CCN(CCCCNC(C)C)c1cccc(C)c1. The number of nitrogens with zero attached hydrogens (tertiary/aromatic N) is 1. The Hall–Kier alpha value is -1.02. The quantitative estimate of drug-likeness (QED) is 0.707. The zero-order chi connectivity index (χ0) is 13.4. The molecular weight excluding hydrogens is 220 g/mol. The van der Waals surface area contributed by atoms with Crippen molar-refractivity contribution >= 4 is 5.69 Å². The van der Waals surface area contributed by atoms with Crippen LogP contribution in [0.25, 0.3) is 0 Å². The summed E-state index contributed by atoms with van der Waals surface area (Å²) in [4.78, 5) is 2.46. The summed E-state index contributed by atoms with van der Waals surface area (Å²) in [6.07, 6.45) is 2.50. The number of nitrogens with one attached hydrogen (secondary N) is 1. The third-order valence-electron chi connectivity index (χ3n) is 3.16. The van der Waals surface area contributed by atoms with Gasteiger partial charge in [0, 0.05) is 24.8 Å². The highest BCUT2D eigenvalue weighted by Crippen LogP contribution is 2.16. The summed E-state index contributed by atoms with van der Waals surface area (Å²) < 4.78 is 0. The lowest BCUT2D eigenvalue weighted by Gasteiger charge is -2.23. The van der Waals surface area contributed by atoms with E-state index >= 15 is 0 Å². The molecule has 0 fully saturated rings. The van der Waals surface area contributed by atoms with E-state index in [-0.39, 0.29) is 0 Å². The highest BCUT2D eigenvalue weighted by molar-refractivity contribution is 5.48. The highest BCUT2D eigenvalue weighted by atomic mass is 15.1. The Kier molecular flexibility index (Phi) is 6.81. The molecule has 0 aliphatic rings. The minimum Gasteiger partial charge on any atom is -0.372 e. The summed E-state index contributed by atoms with van der Waals surface area (Å²) in [5.41, 5.74) is 2.70. The molecule has 1 N–H and O–H groups in total. The van der Waals surface area contributed by atoms with Crippen molar-refractivity contribution in [3.05, 3.63) is 29.8 Å². The molecule has 1 aromatic carbocycles. The minimum atomic E-state index is 0.601. The normalized spacial score (nSPS) is 10.9. The van der Waals surface area contributed by atoms with E-state index in [1.807, 2.05) is 0 Å². The Morgan fingerprint density at radius 2 is 2.00 bits per heavy atom. The number of hydrogen-bond acceptors (Lipinski definition) is 2. The van der Waals surface area contributed by atoms with Crippen LogP contribution in [0.2, 0.25) is 0 Å². The molecular formula is C16H28N2. The second-order valence-electron chi connectivity index (χ2n) is 5.23. The maximum Gasteiger partial charge on any atom is 0.0368 e. The van der Waals surface area contributed by atoms with Crippen molar-refractivity contribution in [2.45, 2.75) is 46.6 Å². The van der Waals surface area contributed by atoms with Crippen molar-refractivity contribution < 1.29 is 0 Å². The van der Waals surface area contributed by atoms with Crippen LogP contribution < -0.4 is 10.2 Å². The number of benzene rings is 1. The molecule has 0 spiro atoms. The van der Waals surface area contributed by atoms with E-state index < -0.39 is 0 Å². The Morgan fingerprint density at radius 3 is 2.61 bits per heavy atom. The first-order valence-corrected chi connectivity index (χ1v) is 7.18. The van der Waals surface area contributed by atoms with Gasteiger partial charge in [-0.15, -0.1) is 0 Å². The predicted molar refractivity (Wildman–Crippen MR) is 81.4 cm³/mol. The fourth-order valence-electron chi connectivity index (χ4n) is 2.11. The average molecular weight is 248 g/mol. The molecule has 1 aromatic rings. The lowest BCUT2D eigenvalue weighted by atomic mass is 10.2. The summed E-state index contributed by atoms with van der Waals surface area (Å²) in [6.45, 7) is 12.2. The number of unbranched alkanes of at least 4 members (excludes halogenated alkanes) is 1. The molecule has 0 atom stereocenters. The average Bonchev–Trinajstić information content (AvgIpc) is 2.33. The van der Waals surface area contributed by atoms with Crippen LogP contribution in [0, 0.1) is 6.92 Å². The highest BCUT2D eigenvalue weighted by Gasteiger charge is 2.03. The predicted octanol–water partition coefficient (Wildman–Crippen LogP) is 3.60. The molecule has 102 valence electrons. The lowest BCUT2D eigenvalue weighted by Crippen LogP contribution is -2.27. The summed E-state index contributed by atoms with van der Waals surface area (Å²) in [7, 11) is 0. The molecule has 0 radical (unpaired) electrons. The Bertz CT molecular complexity index is 334. The van der Waals surface area contributed by atoms with Crippen LogP contribution in [-0.2, 0) is 0 Å². The summed E-state index contributed by atoms with van der Waals surface area (Å²) >= 11 is 0. The Labute approximate surface area is 112 Å². The van der Waals surface area contributed by atoms with E-state index in [9.17, 15) is 0 Å². The zero-order valence-electron chi connectivity index (χ0n) is 12.4. The molecule has 0 saturated heterocycles. The van der Waals surface area contributed by atoms with Crippen LogP contribution in [0.4, 0.5) is 5.69 Å². The van der Waals surface area contributed by atoms with Crippen LogP contribution in [-0.4, -0.2) is 25.7 Å². The molecule has 0 aliphatic carbocycles. The number of anilines is 1. The van der Waals surface area contributed by atoms with Crippen molar-refractivity contribution in [2.75, 3.05) is 24.5 Å². The van der Waals surface area contributed by atoms with E-state index in [1.165, 1.54) is 24.1 Å². The topological polar surface area (TPSA) is 15.3 Å². The monoisotopic (exact) mass is 248 g/mol. The maximum atomic E-state index is 3.47. The van der Waals surface area contributed by atoms with Crippen LogP contribution in [0.15, 0.2) is 24.3 Å². The van der Waals surface area contributed by atoms with Gasteiger partial charge < -0.3 is 10.2 Å². The van der Waals surface area contributed by atoms with E-state index in [2.05, 4.69) is 62.2 Å². The molecule has 18 heavy (non-hydrogen) atoms. The standard InChI is InChI=1S/C16H28N2/c1-5-18(12-7-6-11-17-14(2)3)16-10-8-9-15(4)13-16/h8-10,13-14,17H,5-7,11-12H2,1-4H3. The Balaban J connectivity index is 2.34. The number of aryl methyl sites for hydroxylation is 1. The third kappa shape index (κ3) is 5.54. The second-order valence-corrected chi connectivity index (χ2v) is 5.23. The largest absolute Gasteiger partial charge is 0.372 e. The molecule has 2 heteroatoms. The Morgan fingerprint density at radius 1 is 1.22 bits per heavy atom. The van der Waals surface area contributed by atoms with Crippen molar-refractivity contribution in [2.24, 2.45) is 0 Å². The van der Waals surface area contributed by atoms with Crippen LogP contribution >= 0.6 is 0 Å². The van der Waals surface area contributed by atoms with Gasteiger partial charge in [0.15, 0.2) is 0 Å². The summed E-state index contributed by atoms with van der Waals surface area (Å²) in [5, 5.41) is 3.47. The van der Waals surface area contributed by atoms with E-state index in [1.54, 1.807) is 0 Å². The van der Waals surface area contributed by atoms with Gasteiger partial charge in [-0.2, -0.15) is 0 Å². The van der Waals surface area contributed by atoms with Crippen molar-refractivity contribution in [1.29, 1.82) is 0 Å². The first-order valence-electron chi connectivity index (χ1n) is 7.18. The molecule has 0 aromatic heterocycles. The van der Waals surface area contributed by atoms with Gasteiger partial charge in [-0.3, -0.25) is 0 Å². The van der Waals surface area contributed by atoms with Gasteiger partial charge in [0.05, 0.1) is 0 Å². The second kappa shape index (κ2) is 8.15. The van der Waals surface area contributed by atoms with Crippen LogP contribution in [0.3, 0.4) is 0 Å². The van der Waals surface area contributed by atoms with Gasteiger partial charge in [-0.25, -0.2) is 0 Å². The van der Waals surface area contributed by atoms with E-state index in [0.717, 1.165) is 19.6 Å². The zero-order valence-corrected chi connectivity index (χ0v) is 12.4.